The van der Waals surface area contributed by atoms with Crippen LogP contribution in [0.15, 0.2) is 29.2 Å². The van der Waals surface area contributed by atoms with Gasteiger partial charge in [0, 0.05) is 50.3 Å². The van der Waals surface area contributed by atoms with Crippen LogP contribution in [0.2, 0.25) is 0 Å². The van der Waals surface area contributed by atoms with Crippen molar-refractivity contribution in [2.24, 2.45) is 0 Å². The standard InChI is InChI=1S/C18H21N5O5S/c1-13-19-17-6-7-22(12-16(17)18(20-13)21-8-10-28-11-9-21)29(26,27)15-4-2-14(3-5-15)23(24)25/h2-5H,6-12H2,1H3. The second-order valence-electron chi connectivity index (χ2n) is 6.96. The Bertz CT molecular complexity index is 1040. The highest BCUT2D eigenvalue weighted by atomic mass is 32.2. The molecule has 154 valence electrons. The molecule has 1 aromatic carbocycles. The number of hydrogen-bond donors (Lipinski definition) is 0. The van der Waals surface area contributed by atoms with Gasteiger partial charge in [0.05, 0.1) is 28.7 Å². The number of non-ortho nitro benzene ring substituents is 1. The lowest BCUT2D eigenvalue weighted by molar-refractivity contribution is -0.384. The van der Waals surface area contributed by atoms with Crippen LogP contribution in [-0.2, 0) is 27.7 Å². The Morgan fingerprint density at radius 1 is 1.10 bits per heavy atom. The molecule has 1 saturated heterocycles. The van der Waals surface area contributed by atoms with Gasteiger partial charge in [-0.2, -0.15) is 4.31 Å². The number of anilines is 1. The first-order chi connectivity index (χ1) is 13.9. The third kappa shape index (κ3) is 3.80. The zero-order chi connectivity index (χ0) is 20.6. The van der Waals surface area contributed by atoms with Crippen LogP contribution in [-0.4, -0.2) is 60.5 Å². The van der Waals surface area contributed by atoms with Crippen molar-refractivity contribution >= 4 is 21.5 Å². The number of nitrogens with zero attached hydrogens (tertiary/aromatic N) is 5. The molecule has 29 heavy (non-hydrogen) atoms. The fourth-order valence-corrected chi connectivity index (χ4v) is 5.03. The van der Waals surface area contributed by atoms with Gasteiger partial charge in [0.2, 0.25) is 10.0 Å². The van der Waals surface area contributed by atoms with Crippen molar-refractivity contribution in [3.8, 4) is 0 Å². The first kappa shape index (κ1) is 19.7. The number of sulfonamides is 1. The SMILES string of the molecule is Cc1nc2c(c(N3CCOCC3)n1)CN(S(=O)(=O)c1ccc([N+](=O)[O-])cc1)CC2. The highest BCUT2D eigenvalue weighted by molar-refractivity contribution is 7.89. The highest BCUT2D eigenvalue weighted by Gasteiger charge is 2.32. The number of hydrogen-bond acceptors (Lipinski definition) is 8. The van der Waals surface area contributed by atoms with Crippen LogP contribution in [0.5, 0.6) is 0 Å². The van der Waals surface area contributed by atoms with E-state index < -0.39 is 14.9 Å². The summed E-state index contributed by atoms with van der Waals surface area (Å²) in [6.07, 6.45) is 0.488. The lowest BCUT2D eigenvalue weighted by Gasteiger charge is -2.34. The van der Waals surface area contributed by atoms with Gasteiger partial charge in [-0.15, -0.1) is 0 Å². The van der Waals surface area contributed by atoms with Gasteiger partial charge in [-0.3, -0.25) is 10.1 Å². The minimum Gasteiger partial charge on any atom is -0.378 e. The van der Waals surface area contributed by atoms with Crippen molar-refractivity contribution in [3.63, 3.8) is 0 Å². The number of rotatable bonds is 4. The number of fused-ring (bicyclic) bond motifs is 1. The van der Waals surface area contributed by atoms with E-state index >= 15 is 0 Å². The molecule has 1 fully saturated rings. The number of aryl methyl sites for hydroxylation is 1. The fraction of sp³-hybridized carbons (Fsp3) is 0.444. The Morgan fingerprint density at radius 3 is 2.45 bits per heavy atom. The molecule has 1 aromatic heterocycles. The first-order valence-corrected chi connectivity index (χ1v) is 10.7. The van der Waals surface area contributed by atoms with Gasteiger partial charge >= 0.3 is 0 Å². The summed E-state index contributed by atoms with van der Waals surface area (Å²) in [5.74, 6) is 1.43. The lowest BCUT2D eigenvalue weighted by Crippen LogP contribution is -2.41. The Hall–Kier alpha value is -2.63. The molecule has 2 aliphatic rings. The summed E-state index contributed by atoms with van der Waals surface area (Å²) in [5, 5.41) is 10.8. The molecule has 2 aromatic rings. The minimum atomic E-state index is -3.79. The zero-order valence-electron chi connectivity index (χ0n) is 15.9. The van der Waals surface area contributed by atoms with E-state index in [1.54, 1.807) is 0 Å². The Morgan fingerprint density at radius 2 is 1.79 bits per heavy atom. The monoisotopic (exact) mass is 419 g/mol. The Labute approximate surface area is 168 Å². The second kappa shape index (κ2) is 7.65. The van der Waals surface area contributed by atoms with Gasteiger partial charge in [0.15, 0.2) is 0 Å². The summed E-state index contributed by atoms with van der Waals surface area (Å²) >= 11 is 0. The van der Waals surface area contributed by atoms with Crippen LogP contribution in [0, 0.1) is 17.0 Å². The van der Waals surface area contributed by atoms with Crippen LogP contribution in [0.25, 0.3) is 0 Å². The summed E-state index contributed by atoms with van der Waals surface area (Å²) in [6.45, 7) is 4.89. The summed E-state index contributed by atoms with van der Waals surface area (Å²) in [7, 11) is -3.79. The molecule has 4 rings (SSSR count). The van der Waals surface area contributed by atoms with E-state index in [1.165, 1.54) is 28.6 Å². The summed E-state index contributed by atoms with van der Waals surface area (Å²) in [4.78, 5) is 21.5. The molecule has 0 radical (unpaired) electrons. The molecule has 0 bridgehead atoms. The molecular formula is C18H21N5O5S. The Balaban J connectivity index is 1.66. The second-order valence-corrected chi connectivity index (χ2v) is 8.90. The first-order valence-electron chi connectivity index (χ1n) is 9.30. The molecular weight excluding hydrogens is 398 g/mol. The van der Waals surface area contributed by atoms with E-state index in [0.29, 0.717) is 45.1 Å². The van der Waals surface area contributed by atoms with Gasteiger partial charge in [-0.05, 0) is 19.1 Å². The molecule has 10 nitrogen and oxygen atoms in total. The molecule has 0 spiro atoms. The van der Waals surface area contributed by atoms with E-state index in [-0.39, 0.29) is 17.1 Å². The number of morpholine rings is 1. The van der Waals surface area contributed by atoms with Gasteiger partial charge < -0.3 is 9.64 Å². The van der Waals surface area contributed by atoms with E-state index in [1.807, 2.05) is 6.92 Å². The van der Waals surface area contributed by atoms with Crippen LogP contribution < -0.4 is 4.90 Å². The molecule has 0 atom stereocenters. The largest absolute Gasteiger partial charge is 0.378 e. The molecule has 0 amide bonds. The van der Waals surface area contributed by atoms with Crippen molar-refractivity contribution in [1.29, 1.82) is 0 Å². The number of ether oxygens (including phenoxy) is 1. The predicted octanol–water partition coefficient (Wildman–Crippen LogP) is 1.28. The van der Waals surface area contributed by atoms with E-state index in [9.17, 15) is 18.5 Å². The molecule has 2 aliphatic heterocycles. The average Bonchev–Trinajstić information content (AvgIpc) is 2.73. The van der Waals surface area contributed by atoms with Crippen molar-refractivity contribution in [2.75, 3.05) is 37.7 Å². The maximum Gasteiger partial charge on any atom is 0.269 e. The molecule has 11 heteroatoms. The van der Waals surface area contributed by atoms with Gasteiger partial charge in [-0.25, -0.2) is 18.4 Å². The van der Waals surface area contributed by atoms with Gasteiger partial charge in [-0.1, -0.05) is 0 Å². The van der Waals surface area contributed by atoms with Gasteiger partial charge in [0.25, 0.3) is 5.69 Å². The zero-order valence-corrected chi connectivity index (χ0v) is 16.8. The molecule has 0 aliphatic carbocycles. The fourth-order valence-electron chi connectivity index (χ4n) is 3.62. The van der Waals surface area contributed by atoms with Crippen LogP contribution in [0.4, 0.5) is 11.5 Å². The lowest BCUT2D eigenvalue weighted by atomic mass is 10.1. The van der Waals surface area contributed by atoms with Crippen molar-refractivity contribution in [3.05, 3.63) is 51.5 Å². The molecule has 0 unspecified atom stereocenters. The van der Waals surface area contributed by atoms with E-state index in [4.69, 9.17) is 4.74 Å². The summed E-state index contributed by atoms with van der Waals surface area (Å²) in [6, 6.07) is 4.96. The number of benzene rings is 1. The molecule has 3 heterocycles. The predicted molar refractivity (Wildman–Crippen MR) is 104 cm³/mol. The molecule has 0 saturated carbocycles. The quantitative estimate of drug-likeness (QED) is 0.537. The Kier molecular flexibility index (Phi) is 5.19. The summed E-state index contributed by atoms with van der Waals surface area (Å²) < 4.78 is 33.0. The maximum atomic E-state index is 13.1. The van der Waals surface area contributed by atoms with Crippen LogP contribution in [0.1, 0.15) is 17.1 Å². The van der Waals surface area contributed by atoms with Crippen LogP contribution >= 0.6 is 0 Å². The average molecular weight is 419 g/mol. The third-order valence-electron chi connectivity index (χ3n) is 5.11. The van der Waals surface area contributed by atoms with Crippen molar-refractivity contribution in [2.45, 2.75) is 24.8 Å². The van der Waals surface area contributed by atoms with Crippen molar-refractivity contribution < 1.29 is 18.1 Å². The normalized spacial score (nSPS) is 17.8. The van der Waals surface area contributed by atoms with E-state index in [2.05, 4.69) is 14.9 Å². The third-order valence-corrected chi connectivity index (χ3v) is 6.97. The van der Waals surface area contributed by atoms with E-state index in [0.717, 1.165) is 17.1 Å². The number of aromatic nitrogens is 2. The minimum absolute atomic E-state index is 0.0347. The number of nitro benzene ring substituents is 1. The topological polar surface area (TPSA) is 119 Å². The smallest absolute Gasteiger partial charge is 0.269 e. The number of nitro groups is 1. The summed E-state index contributed by atoms with van der Waals surface area (Å²) in [5.41, 5.74) is 1.54. The maximum absolute atomic E-state index is 13.1. The molecule has 0 N–H and O–H groups in total. The van der Waals surface area contributed by atoms with Crippen molar-refractivity contribution in [1.82, 2.24) is 14.3 Å². The highest BCUT2D eigenvalue weighted by Crippen LogP contribution is 2.30. The van der Waals surface area contributed by atoms with Crippen LogP contribution in [0.3, 0.4) is 0 Å². The van der Waals surface area contributed by atoms with Gasteiger partial charge in [0.1, 0.15) is 11.6 Å².